The van der Waals surface area contributed by atoms with Crippen molar-refractivity contribution in [2.75, 3.05) is 11.6 Å². The Morgan fingerprint density at radius 1 is 0.871 bits per heavy atom. The number of Topliss-reactive ketones (excluding diaryl/α,β-unsaturated/α-hetero) is 1. The van der Waals surface area contributed by atoms with Gasteiger partial charge in [0.25, 0.3) is 0 Å². The summed E-state index contributed by atoms with van der Waals surface area (Å²) < 4.78 is 59.5. The maximum atomic E-state index is 12.1. The first kappa shape index (κ1) is 24.6. The molecule has 0 aliphatic carbocycles. The van der Waals surface area contributed by atoms with Crippen LogP contribution in [0.25, 0.3) is 11.1 Å². The maximum Gasteiger partial charge on any atom is 0.449 e. The summed E-state index contributed by atoms with van der Waals surface area (Å²) in [6.45, 7) is 0. The standard InChI is InChI=1S/C22H24F3NO4S/c1-31(29,30)19-13-11-16(12-14-19)17-7-6-8-18(15-17)26-21(28)10-5-3-2-4-9-20(27)22(23,24)25/h6-8,11-15H,2-5,9-10H2,1H3,(H,26,28). The minimum Gasteiger partial charge on any atom is -0.326 e. The smallest absolute Gasteiger partial charge is 0.326 e. The van der Waals surface area contributed by atoms with Crippen molar-refractivity contribution in [3.8, 4) is 11.1 Å². The van der Waals surface area contributed by atoms with Gasteiger partial charge in [0.05, 0.1) is 4.90 Å². The molecule has 5 nitrogen and oxygen atoms in total. The molecule has 2 aromatic carbocycles. The fraction of sp³-hybridized carbons (Fsp3) is 0.364. The van der Waals surface area contributed by atoms with Crippen LogP contribution in [0, 0.1) is 0 Å². The van der Waals surface area contributed by atoms with Gasteiger partial charge in [0.2, 0.25) is 11.7 Å². The summed E-state index contributed by atoms with van der Waals surface area (Å²) in [6.07, 6.45) is -2.25. The van der Waals surface area contributed by atoms with Crippen molar-refractivity contribution in [3.63, 3.8) is 0 Å². The number of benzene rings is 2. The van der Waals surface area contributed by atoms with Gasteiger partial charge in [0, 0.05) is 24.8 Å². The highest BCUT2D eigenvalue weighted by Gasteiger charge is 2.36. The third kappa shape index (κ3) is 8.16. The predicted octanol–water partition coefficient (Wildman–Crippen LogP) is 5.17. The van der Waals surface area contributed by atoms with Crippen molar-refractivity contribution in [1.82, 2.24) is 0 Å². The Kier molecular flexibility index (Phi) is 8.38. The number of carbonyl (C=O) groups excluding carboxylic acids is 2. The summed E-state index contributed by atoms with van der Waals surface area (Å²) in [7, 11) is -3.28. The van der Waals surface area contributed by atoms with Gasteiger partial charge in [-0.2, -0.15) is 13.2 Å². The first-order chi connectivity index (χ1) is 14.5. The Labute approximate surface area is 179 Å². The lowest BCUT2D eigenvalue weighted by Gasteiger charge is -2.09. The van der Waals surface area contributed by atoms with E-state index in [4.69, 9.17) is 0 Å². The van der Waals surface area contributed by atoms with Crippen molar-refractivity contribution >= 4 is 27.2 Å². The Morgan fingerprint density at radius 2 is 1.48 bits per heavy atom. The van der Waals surface area contributed by atoms with E-state index in [1.54, 1.807) is 30.3 Å². The lowest BCUT2D eigenvalue weighted by molar-refractivity contribution is -0.171. The fourth-order valence-electron chi connectivity index (χ4n) is 2.96. The molecule has 0 fully saturated rings. The van der Waals surface area contributed by atoms with E-state index in [1.165, 1.54) is 12.1 Å². The second-order valence-corrected chi connectivity index (χ2v) is 9.28. The number of hydrogen-bond donors (Lipinski definition) is 1. The van der Waals surface area contributed by atoms with Crippen molar-refractivity contribution in [1.29, 1.82) is 0 Å². The van der Waals surface area contributed by atoms with Crippen LogP contribution >= 0.6 is 0 Å². The molecule has 0 unspecified atom stereocenters. The summed E-state index contributed by atoms with van der Waals surface area (Å²) in [5.74, 6) is -1.92. The van der Waals surface area contributed by atoms with Gasteiger partial charge in [-0.05, 0) is 48.2 Å². The molecule has 0 aliphatic rings. The Bertz CT molecular complexity index is 1020. The van der Waals surface area contributed by atoms with Gasteiger partial charge in [-0.15, -0.1) is 0 Å². The Morgan fingerprint density at radius 3 is 2.06 bits per heavy atom. The zero-order valence-electron chi connectivity index (χ0n) is 17.0. The molecule has 2 rings (SSSR count). The molecule has 2 aromatic rings. The Hall–Kier alpha value is -2.68. The number of carbonyl (C=O) groups is 2. The molecule has 0 radical (unpaired) electrons. The second-order valence-electron chi connectivity index (χ2n) is 7.26. The van der Waals surface area contributed by atoms with E-state index in [0.717, 1.165) is 17.4 Å². The number of hydrogen-bond acceptors (Lipinski definition) is 4. The third-order valence-corrected chi connectivity index (χ3v) is 5.76. The normalized spacial score (nSPS) is 11.9. The van der Waals surface area contributed by atoms with Gasteiger partial charge in [-0.1, -0.05) is 37.1 Å². The van der Waals surface area contributed by atoms with Crippen LogP contribution in [0.15, 0.2) is 53.4 Å². The topological polar surface area (TPSA) is 80.3 Å². The van der Waals surface area contributed by atoms with E-state index in [-0.39, 0.29) is 23.6 Å². The van der Waals surface area contributed by atoms with Crippen LogP contribution in [-0.2, 0) is 19.4 Å². The number of alkyl halides is 3. The van der Waals surface area contributed by atoms with Crippen LogP contribution in [0.4, 0.5) is 18.9 Å². The van der Waals surface area contributed by atoms with Crippen LogP contribution in [0.5, 0.6) is 0 Å². The van der Waals surface area contributed by atoms with Gasteiger partial charge < -0.3 is 5.32 Å². The number of halogens is 3. The molecule has 31 heavy (non-hydrogen) atoms. The molecular formula is C22H24F3NO4S. The van der Waals surface area contributed by atoms with E-state index < -0.39 is 28.2 Å². The van der Waals surface area contributed by atoms with Gasteiger partial charge >= 0.3 is 6.18 Å². The number of amides is 1. The van der Waals surface area contributed by atoms with Gasteiger partial charge in [0.1, 0.15) is 0 Å². The molecule has 168 valence electrons. The molecule has 9 heteroatoms. The highest BCUT2D eigenvalue weighted by atomic mass is 32.2. The molecule has 0 saturated carbocycles. The molecule has 0 aromatic heterocycles. The number of unbranched alkanes of at least 4 members (excludes halogenated alkanes) is 3. The van der Waals surface area contributed by atoms with Crippen LogP contribution in [0.1, 0.15) is 38.5 Å². The summed E-state index contributed by atoms with van der Waals surface area (Å²) in [6, 6.07) is 13.6. The molecule has 0 heterocycles. The van der Waals surface area contributed by atoms with E-state index in [1.807, 2.05) is 6.07 Å². The highest BCUT2D eigenvalue weighted by Crippen LogP contribution is 2.24. The third-order valence-electron chi connectivity index (χ3n) is 4.64. The first-order valence-corrected chi connectivity index (χ1v) is 11.7. The van der Waals surface area contributed by atoms with Crippen molar-refractivity contribution < 1.29 is 31.2 Å². The molecular weight excluding hydrogens is 431 g/mol. The second kappa shape index (κ2) is 10.6. The van der Waals surface area contributed by atoms with Gasteiger partial charge in [-0.25, -0.2) is 8.42 Å². The van der Waals surface area contributed by atoms with Crippen LogP contribution < -0.4 is 5.32 Å². The zero-order valence-corrected chi connectivity index (χ0v) is 17.9. The average molecular weight is 455 g/mol. The molecule has 0 atom stereocenters. The number of sulfone groups is 1. The largest absolute Gasteiger partial charge is 0.449 e. The quantitative estimate of drug-likeness (QED) is 0.502. The van der Waals surface area contributed by atoms with Crippen molar-refractivity contribution in [2.24, 2.45) is 0 Å². The summed E-state index contributed by atoms with van der Waals surface area (Å²) in [5, 5.41) is 2.78. The fourth-order valence-corrected chi connectivity index (χ4v) is 3.59. The lowest BCUT2D eigenvalue weighted by atomic mass is 10.1. The van der Waals surface area contributed by atoms with Gasteiger partial charge in [0.15, 0.2) is 9.84 Å². The molecule has 1 N–H and O–H groups in total. The highest BCUT2D eigenvalue weighted by molar-refractivity contribution is 7.90. The minimum absolute atomic E-state index is 0.153. The molecule has 0 bridgehead atoms. The number of anilines is 1. The summed E-state index contributed by atoms with van der Waals surface area (Å²) >= 11 is 0. The summed E-state index contributed by atoms with van der Waals surface area (Å²) in [4.78, 5) is 23.1. The lowest BCUT2D eigenvalue weighted by Crippen LogP contribution is -2.22. The van der Waals surface area contributed by atoms with Crippen LogP contribution in [0.2, 0.25) is 0 Å². The molecule has 0 saturated heterocycles. The number of nitrogens with one attached hydrogen (secondary N) is 1. The maximum absolute atomic E-state index is 12.1. The van der Waals surface area contributed by atoms with Gasteiger partial charge in [-0.3, -0.25) is 9.59 Å². The van der Waals surface area contributed by atoms with Crippen molar-refractivity contribution in [2.45, 2.75) is 49.6 Å². The molecule has 1 amide bonds. The van der Waals surface area contributed by atoms with Crippen LogP contribution in [-0.4, -0.2) is 32.5 Å². The van der Waals surface area contributed by atoms with E-state index in [0.29, 0.717) is 24.9 Å². The van der Waals surface area contributed by atoms with Crippen LogP contribution in [0.3, 0.4) is 0 Å². The zero-order chi connectivity index (χ0) is 23.1. The minimum atomic E-state index is -4.77. The van der Waals surface area contributed by atoms with Crippen molar-refractivity contribution in [3.05, 3.63) is 48.5 Å². The monoisotopic (exact) mass is 455 g/mol. The van der Waals surface area contributed by atoms with E-state index in [9.17, 15) is 31.2 Å². The number of rotatable bonds is 10. The van der Waals surface area contributed by atoms with E-state index >= 15 is 0 Å². The molecule has 0 aliphatic heterocycles. The average Bonchev–Trinajstić information content (AvgIpc) is 2.69. The number of ketones is 1. The first-order valence-electron chi connectivity index (χ1n) is 9.77. The SMILES string of the molecule is CS(=O)(=O)c1ccc(-c2cccc(NC(=O)CCCCCCC(=O)C(F)(F)F)c2)cc1. The van der Waals surface area contributed by atoms with E-state index in [2.05, 4.69) is 5.32 Å². The summed E-state index contributed by atoms with van der Waals surface area (Å²) in [5.41, 5.74) is 2.20. The predicted molar refractivity (Wildman–Crippen MR) is 112 cm³/mol. The Balaban J connectivity index is 1.81. The molecule has 0 spiro atoms.